The molecule has 0 saturated carbocycles. The molecule has 3 nitrogen and oxygen atoms in total. The molecule has 0 fully saturated rings. The Morgan fingerprint density at radius 1 is 0.370 bits per heavy atom. The molecule has 8 aromatic carbocycles. The largest absolute Gasteiger partial charge is 0.456 e. The first-order valence-electron chi connectivity index (χ1n) is 18.8. The fraction of sp³-hybridized carbons (Fsp3) is 0.0588. The van der Waals surface area contributed by atoms with Crippen molar-refractivity contribution in [3.8, 4) is 33.6 Å². The van der Waals surface area contributed by atoms with Gasteiger partial charge in [-0.05, 0) is 100 Å². The molecule has 0 aliphatic heterocycles. The van der Waals surface area contributed by atoms with E-state index in [4.69, 9.17) is 4.42 Å². The van der Waals surface area contributed by atoms with E-state index >= 15 is 0 Å². The molecule has 54 heavy (non-hydrogen) atoms. The van der Waals surface area contributed by atoms with Gasteiger partial charge in [-0.1, -0.05) is 111 Å². The van der Waals surface area contributed by atoms with Gasteiger partial charge in [-0.25, -0.2) is 0 Å². The minimum absolute atomic E-state index is 0.0181. The second-order valence-corrected chi connectivity index (χ2v) is 15.3. The predicted molar refractivity (Wildman–Crippen MR) is 225 cm³/mol. The molecule has 0 unspecified atom stereocenters. The summed E-state index contributed by atoms with van der Waals surface area (Å²) < 4.78 is 11.1. The van der Waals surface area contributed by atoms with E-state index < -0.39 is 0 Å². The molecule has 0 bridgehead atoms. The molecular weight excluding hydrogens is 657 g/mol. The average molecular weight is 691 g/mol. The van der Waals surface area contributed by atoms with Crippen LogP contribution < -0.4 is 0 Å². The van der Waals surface area contributed by atoms with E-state index in [9.17, 15) is 0 Å². The van der Waals surface area contributed by atoms with Gasteiger partial charge < -0.3 is 13.6 Å². The number of benzene rings is 8. The van der Waals surface area contributed by atoms with Crippen molar-refractivity contribution in [3.63, 3.8) is 0 Å². The first kappa shape index (κ1) is 29.7. The van der Waals surface area contributed by atoms with Crippen LogP contribution in [0.1, 0.15) is 25.0 Å². The van der Waals surface area contributed by atoms with Crippen molar-refractivity contribution < 1.29 is 4.42 Å². The van der Waals surface area contributed by atoms with Crippen LogP contribution in [0, 0.1) is 0 Å². The summed E-state index contributed by atoms with van der Waals surface area (Å²) in [6, 6.07) is 62.3. The topological polar surface area (TPSA) is 23.0 Å². The fourth-order valence-electron chi connectivity index (χ4n) is 9.56. The molecule has 3 heterocycles. The van der Waals surface area contributed by atoms with Crippen LogP contribution >= 0.6 is 0 Å². The maximum atomic E-state index is 6.31. The number of furan rings is 1. The first-order valence-corrected chi connectivity index (χ1v) is 18.8. The molecule has 0 amide bonds. The molecule has 0 atom stereocenters. The minimum Gasteiger partial charge on any atom is -0.456 e. The van der Waals surface area contributed by atoms with Gasteiger partial charge in [0.25, 0.3) is 0 Å². The lowest BCUT2D eigenvalue weighted by Gasteiger charge is -2.21. The monoisotopic (exact) mass is 690 g/mol. The van der Waals surface area contributed by atoms with Gasteiger partial charge in [0.05, 0.1) is 22.1 Å². The van der Waals surface area contributed by atoms with E-state index in [-0.39, 0.29) is 5.41 Å². The molecule has 1 aliphatic rings. The lowest BCUT2D eigenvalue weighted by Crippen LogP contribution is -2.14. The van der Waals surface area contributed by atoms with Gasteiger partial charge in [-0.15, -0.1) is 0 Å². The van der Waals surface area contributed by atoms with E-state index in [0.29, 0.717) is 0 Å². The lowest BCUT2D eigenvalue weighted by atomic mass is 9.82. The maximum Gasteiger partial charge on any atom is 0.137 e. The quantitative estimate of drug-likeness (QED) is 0.181. The normalized spacial score (nSPS) is 13.5. The first-order chi connectivity index (χ1) is 26.5. The van der Waals surface area contributed by atoms with Crippen LogP contribution in [-0.4, -0.2) is 9.13 Å². The number of fused-ring (bicyclic) bond motifs is 12. The summed E-state index contributed by atoms with van der Waals surface area (Å²) in [7, 11) is 0. The smallest absolute Gasteiger partial charge is 0.137 e. The Morgan fingerprint density at radius 2 is 0.889 bits per heavy atom. The van der Waals surface area contributed by atoms with Gasteiger partial charge in [-0.2, -0.15) is 0 Å². The summed E-state index contributed by atoms with van der Waals surface area (Å²) in [6.45, 7) is 4.69. The van der Waals surface area contributed by atoms with Gasteiger partial charge in [0.15, 0.2) is 0 Å². The Balaban J connectivity index is 1.01. The molecule has 254 valence electrons. The molecule has 1 aliphatic carbocycles. The van der Waals surface area contributed by atoms with E-state index in [2.05, 4.69) is 181 Å². The summed E-state index contributed by atoms with van der Waals surface area (Å²) in [5.41, 5.74) is 16.7. The molecule has 3 aromatic heterocycles. The zero-order valence-corrected chi connectivity index (χ0v) is 30.0. The Hall–Kier alpha value is -6.84. The zero-order valence-electron chi connectivity index (χ0n) is 30.0. The van der Waals surface area contributed by atoms with Crippen molar-refractivity contribution in [2.75, 3.05) is 0 Å². The molecule has 11 aromatic rings. The fourth-order valence-corrected chi connectivity index (χ4v) is 9.56. The molecule has 0 radical (unpaired) electrons. The molecular formula is C51H34N2O. The second-order valence-electron chi connectivity index (χ2n) is 15.3. The van der Waals surface area contributed by atoms with Crippen molar-refractivity contribution in [3.05, 3.63) is 181 Å². The standard InChI is InChI=1S/C51H34N2O/c1-51(2)43-15-7-3-11-35(43)40-29-33(22-24-44(40)51)52-45-16-8-4-12-36(45)41-27-31(19-25-47(41)52)32-20-26-48-42(28-32)37-13-5-9-17-46(37)53(48)34-21-23-39-38-14-6-10-18-49(38)54-50(39)30-34/h3-30H,1-2H3. The molecule has 12 rings (SSSR count). The lowest BCUT2D eigenvalue weighted by molar-refractivity contribution is 0.660. The summed E-state index contributed by atoms with van der Waals surface area (Å²) in [5.74, 6) is 0. The third kappa shape index (κ3) is 3.96. The van der Waals surface area contributed by atoms with Gasteiger partial charge in [0.2, 0.25) is 0 Å². The summed E-state index contributed by atoms with van der Waals surface area (Å²) >= 11 is 0. The third-order valence-corrected chi connectivity index (χ3v) is 12.1. The van der Waals surface area contributed by atoms with Crippen LogP contribution in [0.3, 0.4) is 0 Å². The average Bonchev–Trinajstić information content (AvgIpc) is 3.92. The second kappa shape index (κ2) is 10.6. The van der Waals surface area contributed by atoms with Gasteiger partial charge in [-0.3, -0.25) is 0 Å². The molecule has 0 spiro atoms. The van der Waals surface area contributed by atoms with E-state index in [1.54, 1.807) is 0 Å². The summed E-state index contributed by atoms with van der Waals surface area (Å²) in [5, 5.41) is 7.27. The van der Waals surface area contributed by atoms with Crippen molar-refractivity contribution in [1.82, 2.24) is 9.13 Å². The van der Waals surface area contributed by atoms with E-state index in [1.807, 2.05) is 12.1 Å². The number of nitrogens with zero attached hydrogens (tertiary/aromatic N) is 2. The minimum atomic E-state index is -0.0181. The number of para-hydroxylation sites is 3. The van der Waals surface area contributed by atoms with E-state index in [0.717, 1.165) is 27.6 Å². The van der Waals surface area contributed by atoms with Crippen LogP contribution in [0.4, 0.5) is 0 Å². The van der Waals surface area contributed by atoms with Gasteiger partial charge >= 0.3 is 0 Å². The Labute approximate surface area is 311 Å². The van der Waals surface area contributed by atoms with Crippen molar-refractivity contribution in [1.29, 1.82) is 0 Å². The number of hydrogen-bond acceptors (Lipinski definition) is 1. The summed E-state index contributed by atoms with van der Waals surface area (Å²) in [4.78, 5) is 0. The highest BCUT2D eigenvalue weighted by Gasteiger charge is 2.35. The maximum absolute atomic E-state index is 6.31. The summed E-state index contributed by atoms with van der Waals surface area (Å²) in [6.07, 6.45) is 0. The predicted octanol–water partition coefficient (Wildman–Crippen LogP) is 13.8. The number of rotatable bonds is 3. The zero-order chi connectivity index (χ0) is 35.7. The number of hydrogen-bond donors (Lipinski definition) is 0. The van der Waals surface area contributed by atoms with Crippen LogP contribution in [0.5, 0.6) is 0 Å². The highest BCUT2D eigenvalue weighted by molar-refractivity contribution is 6.13. The van der Waals surface area contributed by atoms with Gasteiger partial charge in [0.1, 0.15) is 11.2 Å². The van der Waals surface area contributed by atoms with Gasteiger partial charge in [0, 0.05) is 55.2 Å². The van der Waals surface area contributed by atoms with Crippen LogP contribution in [0.2, 0.25) is 0 Å². The highest BCUT2D eigenvalue weighted by Crippen LogP contribution is 2.49. The SMILES string of the molecule is CC1(C)c2ccccc2-c2cc(-n3c4ccccc4c4cc(-c5ccc6c(c5)c5ccccc5n6-c5ccc6c(c5)oc5ccccc56)ccc43)ccc21. The Kier molecular flexibility index (Phi) is 5.84. The highest BCUT2D eigenvalue weighted by atomic mass is 16.3. The van der Waals surface area contributed by atoms with Crippen LogP contribution in [-0.2, 0) is 5.41 Å². The molecule has 3 heteroatoms. The number of aromatic nitrogens is 2. The van der Waals surface area contributed by atoms with E-state index in [1.165, 1.54) is 82.7 Å². The molecule has 0 saturated heterocycles. The van der Waals surface area contributed by atoms with Crippen molar-refractivity contribution in [2.45, 2.75) is 19.3 Å². The van der Waals surface area contributed by atoms with Crippen molar-refractivity contribution in [2.24, 2.45) is 0 Å². The van der Waals surface area contributed by atoms with Crippen LogP contribution in [0.15, 0.2) is 174 Å². The molecule has 0 N–H and O–H groups in total. The van der Waals surface area contributed by atoms with Crippen molar-refractivity contribution >= 4 is 65.6 Å². The Morgan fingerprint density at radius 3 is 1.59 bits per heavy atom. The Bertz CT molecular complexity index is 3370. The van der Waals surface area contributed by atoms with Crippen LogP contribution in [0.25, 0.3) is 99.2 Å². The third-order valence-electron chi connectivity index (χ3n) is 12.1.